The molecule has 2 aliphatic carbocycles. The van der Waals surface area contributed by atoms with Crippen molar-refractivity contribution < 1.29 is 0 Å². The number of nitrogens with one attached hydrogen (secondary N) is 1. The topological polar surface area (TPSA) is 41.1 Å². The first-order chi connectivity index (χ1) is 9.74. The van der Waals surface area contributed by atoms with Gasteiger partial charge in [0.25, 0.3) is 0 Å². The smallest absolute Gasteiger partial charge is 0.147 e. The molecule has 0 saturated heterocycles. The Bertz CT molecular complexity index is 427. The molecule has 2 unspecified atom stereocenters. The Balaban J connectivity index is 1.60. The minimum Gasteiger partial charge on any atom is -0.355 e. The van der Waals surface area contributed by atoms with Crippen molar-refractivity contribution in [1.82, 2.24) is 15.3 Å². The molecule has 2 saturated carbocycles. The Kier molecular flexibility index (Phi) is 4.20. The zero-order valence-corrected chi connectivity index (χ0v) is 12.7. The van der Waals surface area contributed by atoms with Gasteiger partial charge in [0, 0.05) is 25.7 Å². The molecule has 2 aliphatic rings. The van der Waals surface area contributed by atoms with Gasteiger partial charge in [0.05, 0.1) is 18.1 Å². The van der Waals surface area contributed by atoms with E-state index in [4.69, 9.17) is 0 Å². The van der Waals surface area contributed by atoms with Crippen LogP contribution < -0.4 is 10.2 Å². The number of hydrogen-bond acceptors (Lipinski definition) is 4. The van der Waals surface area contributed by atoms with E-state index >= 15 is 0 Å². The summed E-state index contributed by atoms with van der Waals surface area (Å²) in [5, 5.41) is 3.48. The third-order valence-corrected chi connectivity index (χ3v) is 4.77. The van der Waals surface area contributed by atoms with Crippen molar-refractivity contribution in [1.29, 1.82) is 0 Å². The van der Waals surface area contributed by atoms with Gasteiger partial charge < -0.3 is 10.2 Å². The molecular weight excluding hydrogens is 248 g/mol. The fourth-order valence-electron chi connectivity index (χ4n) is 3.20. The highest BCUT2D eigenvalue weighted by Crippen LogP contribution is 2.29. The van der Waals surface area contributed by atoms with Crippen molar-refractivity contribution in [2.75, 3.05) is 11.9 Å². The molecule has 0 amide bonds. The van der Waals surface area contributed by atoms with E-state index in [9.17, 15) is 0 Å². The van der Waals surface area contributed by atoms with E-state index in [0.29, 0.717) is 6.04 Å². The summed E-state index contributed by atoms with van der Waals surface area (Å²) >= 11 is 0. The molecule has 0 aromatic carbocycles. The molecule has 0 bridgehead atoms. The monoisotopic (exact) mass is 274 g/mol. The average molecular weight is 274 g/mol. The predicted molar refractivity (Wildman–Crippen MR) is 81.7 cm³/mol. The van der Waals surface area contributed by atoms with Gasteiger partial charge >= 0.3 is 0 Å². The van der Waals surface area contributed by atoms with E-state index in [1.807, 2.05) is 12.4 Å². The third-order valence-electron chi connectivity index (χ3n) is 4.77. The molecule has 20 heavy (non-hydrogen) atoms. The second-order valence-electron chi connectivity index (χ2n) is 6.46. The van der Waals surface area contributed by atoms with E-state index in [2.05, 4.69) is 34.2 Å². The standard InChI is InChI=1S/C16H26N4/c1-12-5-3-4-6-15(12)20(2)16-11-18-14(10-19-16)9-17-13-7-8-13/h10-13,15,17H,3-9H2,1-2H3. The number of nitrogens with zero attached hydrogens (tertiary/aromatic N) is 3. The lowest BCUT2D eigenvalue weighted by molar-refractivity contribution is 0.320. The summed E-state index contributed by atoms with van der Waals surface area (Å²) in [5.41, 5.74) is 1.05. The van der Waals surface area contributed by atoms with Crippen molar-refractivity contribution >= 4 is 5.82 Å². The summed E-state index contributed by atoms with van der Waals surface area (Å²) in [6.45, 7) is 3.21. The zero-order valence-electron chi connectivity index (χ0n) is 12.7. The fourth-order valence-corrected chi connectivity index (χ4v) is 3.20. The van der Waals surface area contributed by atoms with Crippen LogP contribution in [-0.2, 0) is 6.54 Å². The molecule has 1 aromatic heterocycles. The van der Waals surface area contributed by atoms with Crippen LogP contribution in [0.25, 0.3) is 0 Å². The largest absolute Gasteiger partial charge is 0.355 e. The van der Waals surface area contributed by atoms with Crippen molar-refractivity contribution in [3.05, 3.63) is 18.1 Å². The molecule has 4 heteroatoms. The molecule has 1 N–H and O–H groups in total. The van der Waals surface area contributed by atoms with Gasteiger partial charge in [-0.15, -0.1) is 0 Å². The molecule has 110 valence electrons. The second-order valence-corrected chi connectivity index (χ2v) is 6.46. The normalized spacial score (nSPS) is 26.5. The number of rotatable bonds is 5. The maximum absolute atomic E-state index is 4.61. The molecule has 1 aromatic rings. The Labute approximate surface area is 122 Å². The Morgan fingerprint density at radius 3 is 2.60 bits per heavy atom. The maximum atomic E-state index is 4.61. The van der Waals surface area contributed by atoms with Crippen molar-refractivity contribution in [2.45, 2.75) is 64.1 Å². The first kappa shape index (κ1) is 13.8. The van der Waals surface area contributed by atoms with Gasteiger partial charge in [-0.2, -0.15) is 0 Å². The lowest BCUT2D eigenvalue weighted by atomic mass is 9.85. The zero-order chi connectivity index (χ0) is 13.9. The first-order valence-corrected chi connectivity index (χ1v) is 8.01. The lowest BCUT2D eigenvalue weighted by Crippen LogP contribution is -2.39. The van der Waals surface area contributed by atoms with E-state index in [-0.39, 0.29) is 0 Å². The van der Waals surface area contributed by atoms with Crippen molar-refractivity contribution in [3.8, 4) is 0 Å². The molecule has 3 rings (SSSR count). The van der Waals surface area contributed by atoms with Crippen LogP contribution in [0.1, 0.15) is 51.1 Å². The van der Waals surface area contributed by atoms with E-state index in [1.54, 1.807) is 0 Å². The van der Waals surface area contributed by atoms with Gasteiger partial charge in [-0.05, 0) is 31.6 Å². The molecule has 0 radical (unpaired) electrons. The minimum atomic E-state index is 0.619. The average Bonchev–Trinajstić information content (AvgIpc) is 3.30. The highest BCUT2D eigenvalue weighted by atomic mass is 15.2. The molecular formula is C16H26N4. The van der Waals surface area contributed by atoms with Crippen LogP contribution in [0.2, 0.25) is 0 Å². The molecule has 2 fully saturated rings. The number of anilines is 1. The highest BCUT2D eigenvalue weighted by molar-refractivity contribution is 5.36. The summed E-state index contributed by atoms with van der Waals surface area (Å²) in [4.78, 5) is 11.5. The van der Waals surface area contributed by atoms with Crippen molar-refractivity contribution in [3.63, 3.8) is 0 Å². The van der Waals surface area contributed by atoms with Crippen molar-refractivity contribution in [2.24, 2.45) is 5.92 Å². The molecule has 1 heterocycles. The van der Waals surface area contributed by atoms with Crippen LogP contribution in [0, 0.1) is 5.92 Å². The van der Waals surface area contributed by atoms with Gasteiger partial charge in [0.1, 0.15) is 5.82 Å². The molecule has 0 aliphatic heterocycles. The molecule has 4 nitrogen and oxygen atoms in total. The molecule has 2 atom stereocenters. The van der Waals surface area contributed by atoms with Crippen LogP contribution in [0.5, 0.6) is 0 Å². The van der Waals surface area contributed by atoms with Crippen LogP contribution in [0.15, 0.2) is 12.4 Å². The summed E-state index contributed by atoms with van der Waals surface area (Å²) in [6, 6.07) is 1.34. The maximum Gasteiger partial charge on any atom is 0.147 e. The summed E-state index contributed by atoms with van der Waals surface area (Å²) in [6.07, 6.45) is 11.8. The van der Waals surface area contributed by atoms with Gasteiger partial charge in [-0.25, -0.2) is 4.98 Å². The number of aromatic nitrogens is 2. The highest BCUT2D eigenvalue weighted by Gasteiger charge is 2.26. The molecule has 0 spiro atoms. The van der Waals surface area contributed by atoms with Gasteiger partial charge in [0.2, 0.25) is 0 Å². The lowest BCUT2D eigenvalue weighted by Gasteiger charge is -2.36. The minimum absolute atomic E-state index is 0.619. The van der Waals surface area contributed by atoms with E-state index < -0.39 is 0 Å². The van der Waals surface area contributed by atoms with Crippen LogP contribution in [0.3, 0.4) is 0 Å². The summed E-state index contributed by atoms with van der Waals surface area (Å²) in [7, 11) is 2.17. The third kappa shape index (κ3) is 3.29. The summed E-state index contributed by atoms with van der Waals surface area (Å²) < 4.78 is 0. The van der Waals surface area contributed by atoms with Crippen LogP contribution >= 0.6 is 0 Å². The quantitative estimate of drug-likeness (QED) is 0.896. The Morgan fingerprint density at radius 1 is 1.15 bits per heavy atom. The van der Waals surface area contributed by atoms with Gasteiger partial charge in [-0.3, -0.25) is 4.98 Å². The van der Waals surface area contributed by atoms with E-state index in [0.717, 1.165) is 30.0 Å². The van der Waals surface area contributed by atoms with Gasteiger partial charge in [-0.1, -0.05) is 19.8 Å². The Morgan fingerprint density at radius 2 is 1.95 bits per heavy atom. The predicted octanol–water partition coefficient (Wildman–Crippen LogP) is 2.74. The first-order valence-electron chi connectivity index (χ1n) is 8.01. The summed E-state index contributed by atoms with van der Waals surface area (Å²) in [5.74, 6) is 1.77. The fraction of sp³-hybridized carbons (Fsp3) is 0.750. The SMILES string of the molecule is CC1CCCCC1N(C)c1cnc(CNC2CC2)cn1. The number of hydrogen-bond donors (Lipinski definition) is 1. The van der Waals surface area contributed by atoms with Crippen LogP contribution in [0.4, 0.5) is 5.82 Å². The second kappa shape index (κ2) is 6.08. The van der Waals surface area contributed by atoms with Gasteiger partial charge in [0.15, 0.2) is 0 Å². The Hall–Kier alpha value is -1.16. The van der Waals surface area contributed by atoms with E-state index in [1.165, 1.54) is 38.5 Å². The van der Waals surface area contributed by atoms with Crippen LogP contribution in [-0.4, -0.2) is 29.1 Å².